The van der Waals surface area contributed by atoms with Gasteiger partial charge in [-0.15, -0.1) is 0 Å². The lowest BCUT2D eigenvalue weighted by atomic mass is 9.85. The quantitative estimate of drug-likeness (QED) is 0.722. The van der Waals surface area contributed by atoms with E-state index in [1.807, 2.05) is 27.7 Å². The summed E-state index contributed by atoms with van der Waals surface area (Å²) < 4.78 is 0. The van der Waals surface area contributed by atoms with Crippen LogP contribution in [-0.2, 0) is 4.79 Å². The molecule has 4 N–H and O–H groups in total. The van der Waals surface area contributed by atoms with Crippen LogP contribution in [0.4, 0.5) is 0 Å². The van der Waals surface area contributed by atoms with Crippen LogP contribution < -0.4 is 11.1 Å². The molecular formula is C11H21N5O. The smallest absolute Gasteiger partial charge is 0.222 e. The van der Waals surface area contributed by atoms with Crippen LogP contribution in [0.15, 0.2) is 6.33 Å². The summed E-state index contributed by atoms with van der Waals surface area (Å²) in [5, 5.41) is 9.29. The van der Waals surface area contributed by atoms with E-state index in [1.54, 1.807) is 0 Å². The van der Waals surface area contributed by atoms with E-state index in [0.29, 0.717) is 12.2 Å². The van der Waals surface area contributed by atoms with E-state index in [9.17, 15) is 4.79 Å². The van der Waals surface area contributed by atoms with Crippen molar-refractivity contribution >= 4 is 5.91 Å². The van der Waals surface area contributed by atoms with Crippen LogP contribution in [0, 0.1) is 5.41 Å². The van der Waals surface area contributed by atoms with Gasteiger partial charge >= 0.3 is 0 Å². The lowest BCUT2D eigenvalue weighted by Gasteiger charge is -2.26. The fourth-order valence-electron chi connectivity index (χ4n) is 1.30. The minimum atomic E-state index is -0.183. The van der Waals surface area contributed by atoms with E-state index in [4.69, 9.17) is 5.73 Å². The predicted molar refractivity (Wildman–Crippen MR) is 65.0 cm³/mol. The van der Waals surface area contributed by atoms with Gasteiger partial charge in [0.1, 0.15) is 12.2 Å². The predicted octanol–water partition coefficient (Wildman–Crippen LogP) is 0.745. The number of nitrogens with one attached hydrogen (secondary N) is 2. The molecule has 0 spiro atoms. The minimum absolute atomic E-state index is 0.0728. The average Bonchev–Trinajstić information content (AvgIpc) is 2.68. The van der Waals surface area contributed by atoms with Crippen LogP contribution in [0.1, 0.15) is 46.0 Å². The Bertz CT molecular complexity index is 354. The Morgan fingerprint density at radius 3 is 2.71 bits per heavy atom. The Morgan fingerprint density at radius 2 is 2.24 bits per heavy atom. The highest BCUT2D eigenvalue weighted by Gasteiger charge is 2.24. The summed E-state index contributed by atoms with van der Waals surface area (Å²) in [6, 6.07) is -0.346. The number of aromatic nitrogens is 3. The SMILES string of the molecule is CC(NC(=O)CC(N)C(C)(C)C)c1ncn[nH]1. The van der Waals surface area contributed by atoms with Crippen molar-refractivity contribution in [2.75, 3.05) is 0 Å². The van der Waals surface area contributed by atoms with Gasteiger partial charge in [0.25, 0.3) is 0 Å². The van der Waals surface area contributed by atoms with Crippen LogP contribution in [-0.4, -0.2) is 27.1 Å². The number of H-pyrrole nitrogens is 1. The Balaban J connectivity index is 2.45. The summed E-state index contributed by atoms with van der Waals surface area (Å²) in [6.07, 6.45) is 1.72. The molecule has 17 heavy (non-hydrogen) atoms. The van der Waals surface area contributed by atoms with Crippen molar-refractivity contribution in [2.45, 2.75) is 46.2 Å². The Kier molecular flexibility index (Phi) is 4.22. The zero-order valence-electron chi connectivity index (χ0n) is 10.8. The number of aromatic amines is 1. The summed E-state index contributed by atoms with van der Waals surface area (Å²) >= 11 is 0. The first kappa shape index (κ1) is 13.6. The van der Waals surface area contributed by atoms with E-state index in [0.717, 1.165) is 0 Å². The van der Waals surface area contributed by atoms with Gasteiger partial charge in [-0.25, -0.2) is 4.98 Å². The number of nitrogens with two attached hydrogens (primary N) is 1. The van der Waals surface area contributed by atoms with Gasteiger partial charge in [0.05, 0.1) is 6.04 Å². The van der Waals surface area contributed by atoms with Crippen molar-refractivity contribution in [3.05, 3.63) is 12.2 Å². The van der Waals surface area contributed by atoms with Gasteiger partial charge in [0.15, 0.2) is 0 Å². The molecule has 0 saturated heterocycles. The standard InChI is InChI=1S/C11H21N5O/c1-7(10-13-6-14-16-10)15-9(17)5-8(12)11(2,3)4/h6-8H,5,12H2,1-4H3,(H,15,17)(H,13,14,16). The molecule has 6 heteroatoms. The molecule has 0 aromatic carbocycles. The van der Waals surface area contributed by atoms with Gasteiger partial charge in [0.2, 0.25) is 5.91 Å². The first-order valence-corrected chi connectivity index (χ1v) is 5.71. The van der Waals surface area contributed by atoms with Crippen LogP contribution in [0.25, 0.3) is 0 Å². The van der Waals surface area contributed by atoms with E-state index >= 15 is 0 Å². The molecule has 1 aromatic rings. The summed E-state index contributed by atoms with van der Waals surface area (Å²) in [7, 11) is 0. The number of carbonyl (C=O) groups is 1. The van der Waals surface area contributed by atoms with Gasteiger partial charge in [0, 0.05) is 12.5 Å². The van der Waals surface area contributed by atoms with E-state index in [1.165, 1.54) is 6.33 Å². The molecule has 0 aliphatic carbocycles. The molecule has 0 radical (unpaired) electrons. The number of nitrogens with zero attached hydrogens (tertiary/aromatic N) is 2. The summed E-state index contributed by atoms with van der Waals surface area (Å²) in [4.78, 5) is 15.7. The number of carbonyl (C=O) groups excluding carboxylic acids is 1. The molecule has 0 fully saturated rings. The molecule has 2 unspecified atom stereocenters. The molecule has 1 amide bonds. The summed E-state index contributed by atoms with van der Waals surface area (Å²) in [5.41, 5.74) is 5.87. The second-order valence-electron chi connectivity index (χ2n) is 5.34. The van der Waals surface area contributed by atoms with Crippen molar-refractivity contribution in [3.63, 3.8) is 0 Å². The highest BCUT2D eigenvalue weighted by molar-refractivity contribution is 5.77. The van der Waals surface area contributed by atoms with Gasteiger partial charge in [-0.1, -0.05) is 20.8 Å². The molecular weight excluding hydrogens is 218 g/mol. The lowest BCUT2D eigenvalue weighted by molar-refractivity contribution is -0.122. The largest absolute Gasteiger partial charge is 0.346 e. The first-order chi connectivity index (χ1) is 7.80. The van der Waals surface area contributed by atoms with Gasteiger partial charge in [-0.3, -0.25) is 9.89 Å². The molecule has 2 atom stereocenters. The van der Waals surface area contributed by atoms with Gasteiger partial charge in [-0.2, -0.15) is 5.10 Å². The molecule has 6 nitrogen and oxygen atoms in total. The van der Waals surface area contributed by atoms with E-state index in [-0.39, 0.29) is 23.4 Å². The third-order valence-corrected chi connectivity index (χ3v) is 2.74. The maximum Gasteiger partial charge on any atom is 0.222 e. The molecule has 0 aliphatic heterocycles. The van der Waals surface area contributed by atoms with Crippen molar-refractivity contribution in [2.24, 2.45) is 11.1 Å². The molecule has 0 aliphatic rings. The minimum Gasteiger partial charge on any atom is -0.346 e. The number of amides is 1. The van der Waals surface area contributed by atoms with Crippen molar-refractivity contribution in [1.82, 2.24) is 20.5 Å². The van der Waals surface area contributed by atoms with Crippen molar-refractivity contribution < 1.29 is 4.79 Å². The maximum absolute atomic E-state index is 11.8. The molecule has 0 saturated carbocycles. The first-order valence-electron chi connectivity index (χ1n) is 5.71. The molecule has 1 heterocycles. The number of rotatable bonds is 4. The molecule has 1 aromatic heterocycles. The Labute approximate surface area is 101 Å². The average molecular weight is 239 g/mol. The summed E-state index contributed by atoms with van der Waals surface area (Å²) in [6.45, 7) is 7.90. The zero-order valence-corrected chi connectivity index (χ0v) is 10.8. The Morgan fingerprint density at radius 1 is 1.59 bits per heavy atom. The third-order valence-electron chi connectivity index (χ3n) is 2.74. The van der Waals surface area contributed by atoms with Crippen LogP contribution in [0.5, 0.6) is 0 Å². The number of hydrogen-bond donors (Lipinski definition) is 3. The highest BCUT2D eigenvalue weighted by atomic mass is 16.1. The van der Waals surface area contributed by atoms with Crippen LogP contribution in [0.2, 0.25) is 0 Å². The van der Waals surface area contributed by atoms with Crippen molar-refractivity contribution in [3.8, 4) is 0 Å². The Hall–Kier alpha value is -1.43. The van der Waals surface area contributed by atoms with Crippen molar-refractivity contribution in [1.29, 1.82) is 0 Å². The second kappa shape index (κ2) is 5.27. The van der Waals surface area contributed by atoms with Gasteiger partial charge < -0.3 is 11.1 Å². The second-order valence-corrected chi connectivity index (χ2v) is 5.34. The molecule has 1 rings (SSSR count). The van der Waals surface area contributed by atoms with Crippen LogP contribution in [0.3, 0.4) is 0 Å². The van der Waals surface area contributed by atoms with E-state index < -0.39 is 0 Å². The third kappa shape index (κ3) is 4.14. The molecule has 96 valence electrons. The fourth-order valence-corrected chi connectivity index (χ4v) is 1.30. The topological polar surface area (TPSA) is 96.7 Å². The zero-order chi connectivity index (χ0) is 13.1. The fraction of sp³-hybridized carbons (Fsp3) is 0.727. The lowest BCUT2D eigenvalue weighted by Crippen LogP contribution is -2.40. The van der Waals surface area contributed by atoms with E-state index in [2.05, 4.69) is 20.5 Å². The van der Waals surface area contributed by atoms with Gasteiger partial charge in [-0.05, 0) is 12.3 Å². The highest BCUT2D eigenvalue weighted by Crippen LogP contribution is 2.19. The van der Waals surface area contributed by atoms with Crippen LogP contribution >= 0.6 is 0 Å². The maximum atomic E-state index is 11.8. The monoisotopic (exact) mass is 239 g/mol. The molecule has 0 bridgehead atoms. The summed E-state index contributed by atoms with van der Waals surface area (Å²) in [5.74, 6) is 0.569. The number of hydrogen-bond acceptors (Lipinski definition) is 4. The normalized spacial score (nSPS) is 15.4.